The number of carbonyl (C=O) groups excluding carboxylic acids is 1. The molecule has 4 heteroatoms. The van der Waals surface area contributed by atoms with Crippen molar-refractivity contribution in [1.29, 1.82) is 0 Å². The molecule has 1 N–H and O–H groups in total. The zero-order chi connectivity index (χ0) is 9.68. The van der Waals surface area contributed by atoms with Gasteiger partial charge in [0.05, 0.1) is 10.7 Å². The van der Waals surface area contributed by atoms with Crippen LogP contribution in [0.4, 0.5) is 0 Å². The molecular weight excluding hydrogens is 234 g/mol. The highest BCUT2D eigenvalue weighted by molar-refractivity contribution is 9.10. The summed E-state index contributed by atoms with van der Waals surface area (Å²) in [5.74, 6) is 0.475. The van der Waals surface area contributed by atoms with E-state index in [-0.39, 0.29) is 5.78 Å². The third kappa shape index (κ3) is 2.97. The summed E-state index contributed by atoms with van der Waals surface area (Å²) in [6.07, 6.45) is 2.87. The van der Waals surface area contributed by atoms with Gasteiger partial charge in [-0.1, -0.05) is 0 Å². The smallest absolute Gasteiger partial charge is 0.199 e. The monoisotopic (exact) mass is 245 g/mol. The molecule has 0 bridgehead atoms. The van der Waals surface area contributed by atoms with Crippen molar-refractivity contribution in [2.24, 2.45) is 0 Å². The van der Waals surface area contributed by atoms with Crippen LogP contribution < -0.4 is 5.32 Å². The SMILES string of the molecule is CNCCCC(=O)c1occc1Br. The Morgan fingerprint density at radius 2 is 2.46 bits per heavy atom. The van der Waals surface area contributed by atoms with Gasteiger partial charge in [0, 0.05) is 6.42 Å². The van der Waals surface area contributed by atoms with Crippen LogP contribution in [0.25, 0.3) is 0 Å². The highest BCUT2D eigenvalue weighted by atomic mass is 79.9. The van der Waals surface area contributed by atoms with Crippen LogP contribution in [0.2, 0.25) is 0 Å². The largest absolute Gasteiger partial charge is 0.460 e. The van der Waals surface area contributed by atoms with Crippen LogP contribution in [-0.2, 0) is 0 Å². The highest BCUT2D eigenvalue weighted by Crippen LogP contribution is 2.19. The molecule has 1 aromatic rings. The molecule has 0 saturated heterocycles. The Labute approximate surface area is 85.6 Å². The fourth-order valence-electron chi connectivity index (χ4n) is 1.03. The van der Waals surface area contributed by atoms with Crippen LogP contribution in [0, 0.1) is 0 Å². The van der Waals surface area contributed by atoms with Gasteiger partial charge >= 0.3 is 0 Å². The van der Waals surface area contributed by atoms with E-state index < -0.39 is 0 Å². The molecule has 0 aliphatic rings. The second-order valence-electron chi connectivity index (χ2n) is 2.73. The zero-order valence-corrected chi connectivity index (χ0v) is 9.06. The van der Waals surface area contributed by atoms with E-state index in [1.807, 2.05) is 7.05 Å². The molecule has 13 heavy (non-hydrogen) atoms. The number of hydrogen-bond acceptors (Lipinski definition) is 3. The molecule has 3 nitrogen and oxygen atoms in total. The molecule has 0 spiro atoms. The Balaban J connectivity index is 2.45. The molecule has 0 fully saturated rings. The molecule has 1 aromatic heterocycles. The summed E-state index contributed by atoms with van der Waals surface area (Å²) < 4.78 is 5.78. The van der Waals surface area contributed by atoms with Crippen molar-refractivity contribution in [3.05, 3.63) is 22.6 Å². The van der Waals surface area contributed by atoms with E-state index in [1.165, 1.54) is 6.26 Å². The maximum Gasteiger partial charge on any atom is 0.199 e. The van der Waals surface area contributed by atoms with Gasteiger partial charge in [-0.05, 0) is 42.0 Å². The molecule has 0 amide bonds. The summed E-state index contributed by atoms with van der Waals surface area (Å²) >= 11 is 3.25. The standard InChI is InChI=1S/C9H12BrNO2/c1-11-5-2-3-8(12)9-7(10)4-6-13-9/h4,6,11H,2-3,5H2,1H3. The van der Waals surface area contributed by atoms with E-state index in [1.54, 1.807) is 6.07 Å². The molecule has 1 heterocycles. The number of hydrogen-bond donors (Lipinski definition) is 1. The molecule has 0 aliphatic carbocycles. The Kier molecular flexibility index (Phi) is 4.18. The van der Waals surface area contributed by atoms with Crippen molar-refractivity contribution in [1.82, 2.24) is 5.32 Å². The minimum absolute atomic E-state index is 0.0483. The minimum atomic E-state index is 0.0483. The maximum atomic E-state index is 11.4. The van der Waals surface area contributed by atoms with Crippen LogP contribution in [0.1, 0.15) is 23.4 Å². The van der Waals surface area contributed by atoms with Crippen molar-refractivity contribution >= 4 is 21.7 Å². The third-order valence-corrected chi connectivity index (χ3v) is 2.33. The fraction of sp³-hybridized carbons (Fsp3) is 0.444. The predicted octanol–water partition coefficient (Wildman–Crippen LogP) is 2.22. The first-order valence-electron chi connectivity index (χ1n) is 4.16. The Bertz CT molecular complexity index is 283. The average molecular weight is 246 g/mol. The van der Waals surface area contributed by atoms with Crippen molar-refractivity contribution in [2.45, 2.75) is 12.8 Å². The van der Waals surface area contributed by atoms with Gasteiger partial charge in [-0.3, -0.25) is 4.79 Å². The lowest BCUT2D eigenvalue weighted by molar-refractivity contribution is 0.0952. The van der Waals surface area contributed by atoms with Gasteiger partial charge in [0.25, 0.3) is 0 Å². The molecule has 72 valence electrons. The molecule has 0 atom stereocenters. The van der Waals surface area contributed by atoms with Gasteiger partial charge < -0.3 is 9.73 Å². The number of ketones is 1. The summed E-state index contributed by atoms with van der Waals surface area (Å²) in [6.45, 7) is 0.851. The number of furan rings is 1. The first-order chi connectivity index (χ1) is 6.25. The summed E-state index contributed by atoms with van der Waals surface area (Å²) in [6, 6.07) is 1.73. The van der Waals surface area contributed by atoms with Gasteiger partial charge in [-0.25, -0.2) is 0 Å². The number of Topliss-reactive ketones (excluding diaryl/α,β-unsaturated/α-hetero) is 1. The van der Waals surface area contributed by atoms with Gasteiger partial charge in [0.15, 0.2) is 11.5 Å². The van der Waals surface area contributed by atoms with E-state index in [0.717, 1.165) is 17.4 Å². The van der Waals surface area contributed by atoms with Gasteiger partial charge in [0.2, 0.25) is 0 Å². The van der Waals surface area contributed by atoms with E-state index >= 15 is 0 Å². The zero-order valence-electron chi connectivity index (χ0n) is 7.47. The van der Waals surface area contributed by atoms with Crippen LogP contribution in [-0.4, -0.2) is 19.4 Å². The quantitative estimate of drug-likeness (QED) is 0.639. The van der Waals surface area contributed by atoms with E-state index in [2.05, 4.69) is 21.2 Å². The van der Waals surface area contributed by atoms with Crippen LogP contribution >= 0.6 is 15.9 Å². The third-order valence-electron chi connectivity index (χ3n) is 1.70. The normalized spacial score (nSPS) is 10.3. The summed E-state index contributed by atoms with van der Waals surface area (Å²) in [7, 11) is 1.87. The molecule has 1 rings (SSSR count). The van der Waals surface area contributed by atoms with Crippen molar-refractivity contribution < 1.29 is 9.21 Å². The van der Waals surface area contributed by atoms with Gasteiger partial charge in [0.1, 0.15) is 0 Å². The van der Waals surface area contributed by atoms with Gasteiger partial charge in [-0.2, -0.15) is 0 Å². The highest BCUT2D eigenvalue weighted by Gasteiger charge is 2.12. The van der Waals surface area contributed by atoms with Crippen LogP contribution in [0.5, 0.6) is 0 Å². The van der Waals surface area contributed by atoms with Crippen molar-refractivity contribution in [2.75, 3.05) is 13.6 Å². The summed E-state index contributed by atoms with van der Waals surface area (Å²) in [5, 5.41) is 2.99. The molecule has 0 aliphatic heterocycles. The first-order valence-corrected chi connectivity index (χ1v) is 4.96. The van der Waals surface area contributed by atoms with Crippen LogP contribution in [0.3, 0.4) is 0 Å². The second kappa shape index (κ2) is 5.19. The van der Waals surface area contributed by atoms with E-state index in [4.69, 9.17) is 4.42 Å². The number of halogens is 1. The maximum absolute atomic E-state index is 11.4. The second-order valence-corrected chi connectivity index (χ2v) is 3.58. The molecule has 0 saturated carbocycles. The molecular formula is C9H12BrNO2. The number of nitrogens with one attached hydrogen (secondary N) is 1. The minimum Gasteiger partial charge on any atom is -0.460 e. The fourth-order valence-corrected chi connectivity index (χ4v) is 1.45. The first kappa shape index (κ1) is 10.5. The molecule has 0 aromatic carbocycles. The Morgan fingerprint density at radius 3 is 3.00 bits per heavy atom. The Morgan fingerprint density at radius 1 is 1.69 bits per heavy atom. The van der Waals surface area contributed by atoms with Gasteiger partial charge in [-0.15, -0.1) is 0 Å². The molecule has 0 unspecified atom stereocenters. The number of carbonyl (C=O) groups is 1. The van der Waals surface area contributed by atoms with E-state index in [0.29, 0.717) is 12.2 Å². The summed E-state index contributed by atoms with van der Waals surface area (Å²) in [5.41, 5.74) is 0. The number of rotatable bonds is 5. The van der Waals surface area contributed by atoms with Crippen molar-refractivity contribution in [3.63, 3.8) is 0 Å². The lowest BCUT2D eigenvalue weighted by Crippen LogP contribution is -2.09. The average Bonchev–Trinajstić information content (AvgIpc) is 2.52. The summed E-state index contributed by atoms with van der Waals surface area (Å²) in [4.78, 5) is 11.4. The van der Waals surface area contributed by atoms with Crippen molar-refractivity contribution in [3.8, 4) is 0 Å². The Hall–Kier alpha value is -0.610. The molecule has 0 radical (unpaired) electrons. The predicted molar refractivity (Wildman–Crippen MR) is 53.9 cm³/mol. The van der Waals surface area contributed by atoms with E-state index in [9.17, 15) is 4.79 Å². The van der Waals surface area contributed by atoms with Crippen LogP contribution in [0.15, 0.2) is 21.2 Å². The lowest BCUT2D eigenvalue weighted by Gasteiger charge is -1.97. The topological polar surface area (TPSA) is 42.2 Å². The lowest BCUT2D eigenvalue weighted by atomic mass is 10.2.